The van der Waals surface area contributed by atoms with Crippen LogP contribution in [0.2, 0.25) is 5.02 Å². The van der Waals surface area contributed by atoms with Crippen LogP contribution in [0.3, 0.4) is 0 Å². The molecule has 2 aromatic carbocycles. The summed E-state index contributed by atoms with van der Waals surface area (Å²) in [6.45, 7) is 7.83. The number of aromatic nitrogens is 2. The normalized spacial score (nSPS) is 14.8. The second kappa shape index (κ2) is 10.8. The number of unbranched alkanes of at least 4 members (excludes halogenated alkanes) is 1. The van der Waals surface area contributed by atoms with Gasteiger partial charge in [-0.3, -0.25) is 4.90 Å². The van der Waals surface area contributed by atoms with Crippen molar-refractivity contribution in [2.75, 3.05) is 37.6 Å². The van der Waals surface area contributed by atoms with Gasteiger partial charge in [0.05, 0.1) is 11.4 Å². The molecule has 1 fully saturated rings. The van der Waals surface area contributed by atoms with E-state index in [4.69, 9.17) is 16.7 Å². The summed E-state index contributed by atoms with van der Waals surface area (Å²) >= 11 is 6.02. The number of anilines is 1. The molecule has 0 N–H and O–H groups in total. The van der Waals surface area contributed by atoms with E-state index in [1.54, 1.807) is 0 Å². The maximum atomic E-state index is 6.02. The van der Waals surface area contributed by atoms with Crippen molar-refractivity contribution in [2.45, 2.75) is 39.0 Å². The zero-order valence-corrected chi connectivity index (χ0v) is 19.3. The predicted molar refractivity (Wildman–Crippen MR) is 131 cm³/mol. The minimum absolute atomic E-state index is 0.804. The Bertz CT molecular complexity index is 928. The lowest BCUT2D eigenvalue weighted by atomic mass is 10.1. The highest BCUT2D eigenvalue weighted by Gasteiger charge is 2.17. The summed E-state index contributed by atoms with van der Waals surface area (Å²) in [5.74, 6) is 0. The number of hydrogen-bond acceptors (Lipinski definition) is 3. The number of para-hydroxylation sites is 1. The molecule has 3 aromatic rings. The monoisotopic (exact) mass is 436 g/mol. The maximum absolute atomic E-state index is 6.02. The van der Waals surface area contributed by atoms with Crippen molar-refractivity contribution in [1.82, 2.24) is 14.7 Å². The molecular formula is C26H33ClN4. The van der Waals surface area contributed by atoms with E-state index >= 15 is 0 Å². The van der Waals surface area contributed by atoms with Crippen LogP contribution in [-0.2, 0) is 12.8 Å². The van der Waals surface area contributed by atoms with Crippen molar-refractivity contribution in [1.29, 1.82) is 0 Å². The third-order valence-corrected chi connectivity index (χ3v) is 6.31. The molecule has 0 unspecified atom stereocenters. The highest BCUT2D eigenvalue weighted by Crippen LogP contribution is 2.20. The SMILES string of the molecule is CCCc1cc(CCCCN2CCN(c3ccc(Cl)cc3)CC2)n(-c2ccccc2)n1. The van der Waals surface area contributed by atoms with Gasteiger partial charge in [0.2, 0.25) is 0 Å². The van der Waals surface area contributed by atoms with E-state index in [9.17, 15) is 0 Å². The van der Waals surface area contributed by atoms with Gasteiger partial charge in [-0.05, 0) is 74.7 Å². The van der Waals surface area contributed by atoms with E-state index in [1.165, 1.54) is 36.5 Å². The first-order valence-electron chi connectivity index (χ1n) is 11.6. The molecule has 0 atom stereocenters. The fourth-order valence-electron chi connectivity index (χ4n) is 4.35. The molecule has 0 saturated carbocycles. The zero-order chi connectivity index (χ0) is 21.5. The Morgan fingerprint density at radius 1 is 0.839 bits per heavy atom. The number of nitrogens with zero attached hydrogens (tertiary/aromatic N) is 4. The van der Waals surface area contributed by atoms with E-state index in [1.807, 2.05) is 12.1 Å². The van der Waals surface area contributed by atoms with Crippen molar-refractivity contribution in [3.63, 3.8) is 0 Å². The first-order valence-corrected chi connectivity index (χ1v) is 12.0. The predicted octanol–water partition coefficient (Wildman–Crippen LogP) is 5.62. The second-order valence-electron chi connectivity index (χ2n) is 8.39. The van der Waals surface area contributed by atoms with Gasteiger partial charge in [0.15, 0.2) is 0 Å². The molecule has 1 aromatic heterocycles. The Morgan fingerprint density at radius 3 is 2.29 bits per heavy atom. The summed E-state index contributed by atoms with van der Waals surface area (Å²) in [4.78, 5) is 5.06. The molecule has 2 heterocycles. The summed E-state index contributed by atoms with van der Waals surface area (Å²) < 4.78 is 2.15. The molecule has 1 aliphatic rings. The molecule has 0 spiro atoms. The van der Waals surface area contributed by atoms with Gasteiger partial charge in [0.25, 0.3) is 0 Å². The minimum Gasteiger partial charge on any atom is -0.369 e. The Kier molecular flexibility index (Phi) is 7.66. The summed E-state index contributed by atoms with van der Waals surface area (Å²) in [5.41, 5.74) is 4.99. The Labute approximate surface area is 191 Å². The van der Waals surface area contributed by atoms with Crippen molar-refractivity contribution in [2.24, 2.45) is 0 Å². The molecule has 164 valence electrons. The molecule has 0 bridgehead atoms. The fourth-order valence-corrected chi connectivity index (χ4v) is 4.47. The quantitative estimate of drug-likeness (QED) is 0.406. The molecule has 0 aliphatic carbocycles. The Morgan fingerprint density at radius 2 is 1.58 bits per heavy atom. The molecule has 5 heteroatoms. The maximum Gasteiger partial charge on any atom is 0.0648 e. The van der Waals surface area contributed by atoms with E-state index in [2.05, 4.69) is 69.9 Å². The minimum atomic E-state index is 0.804. The van der Waals surface area contributed by atoms with Crippen LogP contribution < -0.4 is 4.90 Å². The van der Waals surface area contributed by atoms with Crippen molar-refractivity contribution >= 4 is 17.3 Å². The highest BCUT2D eigenvalue weighted by atomic mass is 35.5. The van der Waals surface area contributed by atoms with Gasteiger partial charge in [-0.1, -0.05) is 43.1 Å². The number of rotatable bonds is 9. The van der Waals surface area contributed by atoms with Crippen LogP contribution in [0.1, 0.15) is 37.6 Å². The number of piperazine rings is 1. The van der Waals surface area contributed by atoms with E-state index in [0.29, 0.717) is 0 Å². The zero-order valence-electron chi connectivity index (χ0n) is 18.5. The summed E-state index contributed by atoms with van der Waals surface area (Å²) in [5, 5.41) is 5.68. The van der Waals surface area contributed by atoms with Gasteiger partial charge < -0.3 is 4.90 Å². The third kappa shape index (κ3) is 5.90. The first-order chi connectivity index (χ1) is 15.2. The average molecular weight is 437 g/mol. The molecule has 4 nitrogen and oxygen atoms in total. The molecule has 0 amide bonds. The van der Waals surface area contributed by atoms with Gasteiger partial charge in [-0.25, -0.2) is 4.68 Å². The molecule has 31 heavy (non-hydrogen) atoms. The van der Waals surface area contributed by atoms with Crippen molar-refractivity contribution in [3.8, 4) is 5.69 Å². The van der Waals surface area contributed by atoms with Crippen LogP contribution in [0.25, 0.3) is 5.69 Å². The summed E-state index contributed by atoms with van der Waals surface area (Å²) in [7, 11) is 0. The van der Waals surface area contributed by atoms with Crippen LogP contribution >= 0.6 is 11.6 Å². The molecule has 4 rings (SSSR count). The molecule has 1 saturated heterocycles. The van der Waals surface area contributed by atoms with Crippen LogP contribution in [-0.4, -0.2) is 47.4 Å². The van der Waals surface area contributed by atoms with E-state index in [0.717, 1.165) is 56.2 Å². The summed E-state index contributed by atoms with van der Waals surface area (Å²) in [6, 6.07) is 21.0. The lowest BCUT2D eigenvalue weighted by molar-refractivity contribution is 0.253. The lowest BCUT2D eigenvalue weighted by Gasteiger charge is -2.36. The van der Waals surface area contributed by atoms with Crippen molar-refractivity contribution < 1.29 is 0 Å². The number of hydrogen-bond donors (Lipinski definition) is 0. The molecule has 1 aliphatic heterocycles. The average Bonchev–Trinajstić information content (AvgIpc) is 3.21. The lowest BCUT2D eigenvalue weighted by Crippen LogP contribution is -2.46. The van der Waals surface area contributed by atoms with Gasteiger partial charge in [-0.15, -0.1) is 0 Å². The third-order valence-electron chi connectivity index (χ3n) is 6.06. The summed E-state index contributed by atoms with van der Waals surface area (Å²) in [6.07, 6.45) is 5.68. The standard InChI is InChI=1S/C26H33ClN4/c1-2-8-23-21-26(31(28-23)25-9-4-3-5-10-25)11-6-7-16-29-17-19-30(20-18-29)24-14-12-22(27)13-15-24/h3-5,9-10,12-15,21H,2,6-8,11,16-20H2,1H3. The molecular weight excluding hydrogens is 404 g/mol. The largest absolute Gasteiger partial charge is 0.369 e. The second-order valence-corrected chi connectivity index (χ2v) is 8.82. The van der Waals surface area contributed by atoms with Crippen LogP contribution in [0.15, 0.2) is 60.7 Å². The van der Waals surface area contributed by atoms with Gasteiger partial charge >= 0.3 is 0 Å². The topological polar surface area (TPSA) is 24.3 Å². The molecule has 0 radical (unpaired) electrons. The Balaban J connectivity index is 1.25. The fraction of sp³-hybridized carbons (Fsp3) is 0.423. The van der Waals surface area contributed by atoms with Crippen LogP contribution in [0.5, 0.6) is 0 Å². The van der Waals surface area contributed by atoms with Crippen LogP contribution in [0, 0.1) is 0 Å². The van der Waals surface area contributed by atoms with Gasteiger partial charge in [-0.2, -0.15) is 5.10 Å². The Hall–Kier alpha value is -2.30. The van der Waals surface area contributed by atoms with E-state index < -0.39 is 0 Å². The van der Waals surface area contributed by atoms with Gasteiger partial charge in [0.1, 0.15) is 0 Å². The van der Waals surface area contributed by atoms with Crippen molar-refractivity contribution in [3.05, 3.63) is 77.1 Å². The van der Waals surface area contributed by atoms with Crippen LogP contribution in [0.4, 0.5) is 5.69 Å². The first kappa shape index (κ1) is 21.9. The highest BCUT2D eigenvalue weighted by molar-refractivity contribution is 6.30. The number of aryl methyl sites for hydroxylation is 2. The number of halogens is 1. The smallest absolute Gasteiger partial charge is 0.0648 e. The number of benzene rings is 2. The van der Waals surface area contributed by atoms with Gasteiger partial charge in [0, 0.05) is 42.6 Å². The van der Waals surface area contributed by atoms with E-state index in [-0.39, 0.29) is 0 Å².